The lowest BCUT2D eigenvalue weighted by atomic mass is 10.1. The standard InChI is InChI=1S/C14H16N2O5/c1-8(17)9-3-2-4-10(5-9)15-14(21)16-7-11(18)6-12(16)13(19)20/h2-5,11-12,18H,6-7H2,1H3,(H,15,21)(H,19,20)/t11-,12+/m1/s1. The maximum Gasteiger partial charge on any atom is 0.326 e. The van der Waals surface area contributed by atoms with Gasteiger partial charge in [-0.2, -0.15) is 0 Å². The maximum atomic E-state index is 12.1. The molecule has 0 unspecified atom stereocenters. The summed E-state index contributed by atoms with van der Waals surface area (Å²) in [4.78, 5) is 35.6. The lowest BCUT2D eigenvalue weighted by Crippen LogP contribution is -2.43. The van der Waals surface area contributed by atoms with Gasteiger partial charge in [0.1, 0.15) is 6.04 Å². The van der Waals surface area contributed by atoms with Gasteiger partial charge in [0.25, 0.3) is 0 Å². The third-order valence-corrected chi connectivity index (χ3v) is 3.35. The van der Waals surface area contributed by atoms with E-state index < -0.39 is 24.1 Å². The Morgan fingerprint density at radius 3 is 2.67 bits per heavy atom. The number of carboxylic acid groups (broad SMARTS) is 1. The van der Waals surface area contributed by atoms with Crippen LogP contribution < -0.4 is 5.32 Å². The van der Waals surface area contributed by atoms with Gasteiger partial charge >= 0.3 is 12.0 Å². The van der Waals surface area contributed by atoms with E-state index in [-0.39, 0.29) is 18.7 Å². The molecule has 1 aliphatic heterocycles. The van der Waals surface area contributed by atoms with Crippen LogP contribution in [0, 0.1) is 0 Å². The number of aliphatic carboxylic acids is 1. The van der Waals surface area contributed by atoms with Gasteiger partial charge in [0.15, 0.2) is 5.78 Å². The minimum atomic E-state index is -1.15. The molecule has 0 aromatic heterocycles. The molecule has 0 radical (unpaired) electrons. The van der Waals surface area contributed by atoms with Gasteiger partial charge in [-0.1, -0.05) is 12.1 Å². The zero-order valence-corrected chi connectivity index (χ0v) is 11.4. The van der Waals surface area contributed by atoms with Crippen LogP contribution in [0.4, 0.5) is 10.5 Å². The Kier molecular flexibility index (Phi) is 4.23. The first-order valence-corrected chi connectivity index (χ1v) is 6.48. The number of rotatable bonds is 3. The largest absolute Gasteiger partial charge is 0.480 e. The fraction of sp³-hybridized carbons (Fsp3) is 0.357. The van der Waals surface area contributed by atoms with E-state index in [9.17, 15) is 19.5 Å². The van der Waals surface area contributed by atoms with Gasteiger partial charge in [-0.15, -0.1) is 0 Å². The molecule has 7 nitrogen and oxygen atoms in total. The van der Waals surface area contributed by atoms with Crippen LogP contribution in [0.3, 0.4) is 0 Å². The summed E-state index contributed by atoms with van der Waals surface area (Å²) in [7, 11) is 0. The number of Topliss-reactive ketones (excluding diaryl/α,β-unsaturated/α-hetero) is 1. The predicted molar refractivity (Wildman–Crippen MR) is 74.2 cm³/mol. The monoisotopic (exact) mass is 292 g/mol. The number of carbonyl (C=O) groups is 3. The van der Waals surface area contributed by atoms with Crippen molar-refractivity contribution in [1.82, 2.24) is 4.90 Å². The zero-order chi connectivity index (χ0) is 15.6. The number of hydrogen-bond acceptors (Lipinski definition) is 4. The number of nitrogens with one attached hydrogen (secondary N) is 1. The van der Waals surface area contributed by atoms with Crippen LogP contribution in [0.2, 0.25) is 0 Å². The second-order valence-electron chi connectivity index (χ2n) is 4.96. The molecule has 1 saturated heterocycles. The topological polar surface area (TPSA) is 107 Å². The number of aliphatic hydroxyl groups is 1. The summed E-state index contributed by atoms with van der Waals surface area (Å²) in [5, 5.41) is 21.1. The van der Waals surface area contributed by atoms with Crippen LogP contribution in [0.1, 0.15) is 23.7 Å². The Bertz CT molecular complexity index is 586. The summed E-state index contributed by atoms with van der Waals surface area (Å²) in [6, 6.07) is 4.71. The molecule has 1 aliphatic rings. The molecule has 2 rings (SSSR count). The van der Waals surface area contributed by atoms with E-state index in [4.69, 9.17) is 5.11 Å². The smallest absolute Gasteiger partial charge is 0.326 e. The molecular weight excluding hydrogens is 276 g/mol. The van der Waals surface area contributed by atoms with E-state index in [2.05, 4.69) is 5.32 Å². The van der Waals surface area contributed by atoms with Gasteiger partial charge in [-0.25, -0.2) is 9.59 Å². The highest BCUT2D eigenvalue weighted by Gasteiger charge is 2.38. The van der Waals surface area contributed by atoms with E-state index >= 15 is 0 Å². The van der Waals surface area contributed by atoms with Gasteiger partial charge in [0.05, 0.1) is 6.10 Å². The summed E-state index contributed by atoms with van der Waals surface area (Å²) in [6.07, 6.45) is -0.837. The summed E-state index contributed by atoms with van der Waals surface area (Å²) >= 11 is 0. The zero-order valence-electron chi connectivity index (χ0n) is 11.4. The molecular formula is C14H16N2O5. The molecule has 1 heterocycles. The number of ketones is 1. The highest BCUT2D eigenvalue weighted by molar-refractivity contribution is 5.97. The van der Waals surface area contributed by atoms with Crippen molar-refractivity contribution >= 4 is 23.5 Å². The lowest BCUT2D eigenvalue weighted by Gasteiger charge is -2.21. The second-order valence-corrected chi connectivity index (χ2v) is 4.96. The number of nitrogens with zero attached hydrogens (tertiary/aromatic N) is 1. The number of β-amino-alcohol motifs (C(OH)–C–C–N with tert-alkyl or cyclic N) is 1. The molecule has 3 N–H and O–H groups in total. The van der Waals surface area contributed by atoms with Crippen molar-refractivity contribution in [2.24, 2.45) is 0 Å². The molecule has 1 aromatic rings. The Balaban J connectivity index is 2.12. The van der Waals surface area contributed by atoms with Gasteiger partial charge < -0.3 is 20.4 Å². The molecule has 21 heavy (non-hydrogen) atoms. The van der Waals surface area contributed by atoms with Crippen molar-refractivity contribution < 1.29 is 24.6 Å². The third-order valence-electron chi connectivity index (χ3n) is 3.35. The minimum Gasteiger partial charge on any atom is -0.480 e. The molecule has 0 bridgehead atoms. The fourth-order valence-electron chi connectivity index (χ4n) is 2.28. The number of carbonyl (C=O) groups excluding carboxylic acids is 2. The number of hydrogen-bond donors (Lipinski definition) is 3. The molecule has 1 fully saturated rings. The number of urea groups is 1. The molecule has 7 heteroatoms. The summed E-state index contributed by atoms with van der Waals surface area (Å²) in [6.45, 7) is 1.38. The molecule has 2 atom stereocenters. The Hall–Kier alpha value is -2.41. The number of carboxylic acids is 1. The van der Waals surface area contributed by atoms with E-state index in [0.717, 1.165) is 4.90 Å². The van der Waals surface area contributed by atoms with Crippen LogP contribution >= 0.6 is 0 Å². The number of anilines is 1. The first-order valence-electron chi connectivity index (χ1n) is 6.48. The second kappa shape index (κ2) is 5.92. The number of amides is 2. The number of aliphatic hydroxyl groups excluding tert-OH is 1. The van der Waals surface area contributed by atoms with Crippen molar-refractivity contribution in [3.8, 4) is 0 Å². The van der Waals surface area contributed by atoms with Crippen LogP contribution in [0.15, 0.2) is 24.3 Å². The maximum absolute atomic E-state index is 12.1. The van der Waals surface area contributed by atoms with Crippen LogP contribution in [-0.2, 0) is 4.79 Å². The van der Waals surface area contributed by atoms with Crippen molar-refractivity contribution in [2.75, 3.05) is 11.9 Å². The van der Waals surface area contributed by atoms with Crippen molar-refractivity contribution in [1.29, 1.82) is 0 Å². The lowest BCUT2D eigenvalue weighted by molar-refractivity contribution is -0.141. The highest BCUT2D eigenvalue weighted by atomic mass is 16.4. The Morgan fingerprint density at radius 1 is 1.33 bits per heavy atom. The number of benzene rings is 1. The molecule has 0 saturated carbocycles. The average molecular weight is 292 g/mol. The number of likely N-dealkylation sites (tertiary alicyclic amines) is 1. The van der Waals surface area contributed by atoms with Gasteiger partial charge in [-0.3, -0.25) is 4.79 Å². The Morgan fingerprint density at radius 2 is 2.05 bits per heavy atom. The molecule has 0 aliphatic carbocycles. The van der Waals surface area contributed by atoms with Crippen molar-refractivity contribution in [3.63, 3.8) is 0 Å². The predicted octanol–water partition coefficient (Wildman–Crippen LogP) is 0.941. The normalized spacial score (nSPS) is 21.1. The molecule has 112 valence electrons. The Labute approximate surface area is 121 Å². The van der Waals surface area contributed by atoms with E-state index in [0.29, 0.717) is 11.3 Å². The van der Waals surface area contributed by atoms with Gasteiger partial charge in [0.2, 0.25) is 0 Å². The SMILES string of the molecule is CC(=O)c1cccc(NC(=O)N2C[C@H](O)C[C@H]2C(=O)O)c1. The summed E-state index contributed by atoms with van der Waals surface area (Å²) < 4.78 is 0. The third kappa shape index (κ3) is 3.38. The molecule has 1 aromatic carbocycles. The fourth-order valence-corrected chi connectivity index (χ4v) is 2.28. The minimum absolute atomic E-state index is 0.0102. The van der Waals surface area contributed by atoms with Crippen molar-refractivity contribution in [3.05, 3.63) is 29.8 Å². The van der Waals surface area contributed by atoms with Gasteiger partial charge in [0, 0.05) is 24.2 Å². The van der Waals surface area contributed by atoms with E-state index in [1.807, 2.05) is 0 Å². The first-order chi connectivity index (χ1) is 9.88. The summed E-state index contributed by atoms with van der Waals surface area (Å²) in [5.74, 6) is -1.29. The van der Waals surface area contributed by atoms with Crippen LogP contribution in [0.5, 0.6) is 0 Å². The van der Waals surface area contributed by atoms with Crippen LogP contribution in [0.25, 0.3) is 0 Å². The molecule has 0 spiro atoms. The first kappa shape index (κ1) is 15.0. The highest BCUT2D eigenvalue weighted by Crippen LogP contribution is 2.20. The van der Waals surface area contributed by atoms with Crippen LogP contribution in [-0.4, -0.2) is 51.6 Å². The van der Waals surface area contributed by atoms with E-state index in [1.165, 1.54) is 13.0 Å². The van der Waals surface area contributed by atoms with E-state index in [1.54, 1.807) is 18.2 Å². The molecule has 2 amide bonds. The summed E-state index contributed by atoms with van der Waals surface area (Å²) in [5.41, 5.74) is 0.849. The van der Waals surface area contributed by atoms with Gasteiger partial charge in [-0.05, 0) is 19.1 Å². The average Bonchev–Trinajstić information content (AvgIpc) is 2.81. The quantitative estimate of drug-likeness (QED) is 0.719. The van der Waals surface area contributed by atoms with Crippen molar-refractivity contribution in [2.45, 2.75) is 25.5 Å².